The summed E-state index contributed by atoms with van der Waals surface area (Å²) in [4.78, 5) is 14.4. The number of halogens is 4. The molecule has 21 heavy (non-hydrogen) atoms. The second-order valence-corrected chi connectivity index (χ2v) is 7.87. The Bertz CT molecular complexity index is 731. The maximum Gasteiger partial charge on any atom is 0.249 e. The highest BCUT2D eigenvalue weighted by Crippen LogP contribution is 2.40. The van der Waals surface area contributed by atoms with Crippen LogP contribution in [0.3, 0.4) is 0 Å². The van der Waals surface area contributed by atoms with Crippen molar-refractivity contribution in [2.24, 2.45) is 5.73 Å². The highest BCUT2D eigenvalue weighted by atomic mass is 79.9. The van der Waals surface area contributed by atoms with Gasteiger partial charge in [0.1, 0.15) is 17.7 Å². The molecular formula is C13H8Br2F2N2OS. The van der Waals surface area contributed by atoms with Crippen molar-refractivity contribution >= 4 is 54.8 Å². The van der Waals surface area contributed by atoms with E-state index in [4.69, 9.17) is 5.73 Å². The molecule has 2 aromatic rings. The predicted molar refractivity (Wildman–Crippen MR) is 84.2 cm³/mol. The summed E-state index contributed by atoms with van der Waals surface area (Å²) >= 11 is 8.17. The number of nitrogens with zero attached hydrogens (tertiary/aromatic N) is 1. The zero-order chi connectivity index (χ0) is 15.3. The third-order valence-electron chi connectivity index (χ3n) is 3.22. The Hall–Kier alpha value is -0.830. The van der Waals surface area contributed by atoms with E-state index in [1.54, 1.807) is 0 Å². The molecule has 3 nitrogen and oxygen atoms in total. The average molecular weight is 438 g/mol. The number of rotatable bonds is 2. The molecule has 0 radical (unpaired) electrons. The first kappa shape index (κ1) is 15.1. The van der Waals surface area contributed by atoms with Crippen molar-refractivity contribution in [1.82, 2.24) is 0 Å². The number of benzene rings is 1. The van der Waals surface area contributed by atoms with Gasteiger partial charge in [-0.15, -0.1) is 11.3 Å². The number of thiophene rings is 1. The zero-order valence-electron chi connectivity index (χ0n) is 10.4. The fraction of sp³-hybridized carbons (Fsp3) is 0.154. The lowest BCUT2D eigenvalue weighted by molar-refractivity contribution is -0.119. The van der Waals surface area contributed by atoms with E-state index in [0.29, 0.717) is 0 Å². The summed E-state index contributed by atoms with van der Waals surface area (Å²) in [6, 6.07) is 2.64. The molecule has 1 aromatic carbocycles. The molecule has 110 valence electrons. The molecule has 2 heterocycles. The number of fused-ring (bicyclic) bond motifs is 1. The average Bonchev–Trinajstić information content (AvgIpc) is 2.83. The molecule has 0 fully saturated rings. The van der Waals surface area contributed by atoms with Crippen LogP contribution in [0.4, 0.5) is 14.5 Å². The van der Waals surface area contributed by atoms with E-state index in [9.17, 15) is 13.6 Å². The lowest BCUT2D eigenvalue weighted by Gasteiger charge is -2.16. The van der Waals surface area contributed by atoms with Crippen LogP contribution in [-0.4, -0.2) is 5.91 Å². The van der Waals surface area contributed by atoms with Gasteiger partial charge in [0, 0.05) is 21.0 Å². The van der Waals surface area contributed by atoms with Crippen molar-refractivity contribution in [2.75, 3.05) is 4.90 Å². The van der Waals surface area contributed by atoms with Crippen LogP contribution in [0.2, 0.25) is 0 Å². The summed E-state index contributed by atoms with van der Waals surface area (Å²) in [5.41, 5.74) is 6.00. The molecule has 0 saturated heterocycles. The Labute approximate surface area is 140 Å². The number of hydrogen-bond donors (Lipinski definition) is 1. The second kappa shape index (κ2) is 5.42. The molecule has 1 amide bonds. The molecule has 1 atom stereocenters. The standard InChI is InChI=1S/C13H8Br2F2N2OS/c14-7-3-6(21-12(7)15)4-19-9-2-5(16)1-8(17)10(9)11(18)13(19)20/h1-3,11H,4,18H2. The molecule has 1 aliphatic rings. The van der Waals surface area contributed by atoms with Crippen LogP contribution in [0.25, 0.3) is 0 Å². The SMILES string of the molecule is NC1C(=O)N(Cc2cc(Br)c(Br)s2)c2cc(F)cc(F)c21. The molecule has 1 aliphatic heterocycles. The largest absolute Gasteiger partial charge is 0.316 e. The monoisotopic (exact) mass is 436 g/mol. The molecule has 2 N–H and O–H groups in total. The topological polar surface area (TPSA) is 46.3 Å². The summed E-state index contributed by atoms with van der Waals surface area (Å²) in [6.45, 7) is 0.220. The van der Waals surface area contributed by atoms with Gasteiger partial charge in [-0.1, -0.05) is 0 Å². The van der Waals surface area contributed by atoms with Gasteiger partial charge in [0.15, 0.2) is 0 Å². The number of amides is 1. The van der Waals surface area contributed by atoms with Gasteiger partial charge in [0.05, 0.1) is 16.0 Å². The summed E-state index contributed by atoms with van der Waals surface area (Å²) in [7, 11) is 0. The van der Waals surface area contributed by atoms with Gasteiger partial charge in [-0.2, -0.15) is 0 Å². The van der Waals surface area contributed by atoms with Crippen LogP contribution in [0.5, 0.6) is 0 Å². The smallest absolute Gasteiger partial charge is 0.249 e. The van der Waals surface area contributed by atoms with Crippen LogP contribution >= 0.6 is 43.2 Å². The molecule has 1 unspecified atom stereocenters. The van der Waals surface area contributed by atoms with E-state index >= 15 is 0 Å². The number of carbonyl (C=O) groups excluding carboxylic acids is 1. The Morgan fingerprint density at radius 3 is 2.62 bits per heavy atom. The number of carbonyl (C=O) groups is 1. The van der Waals surface area contributed by atoms with Crippen LogP contribution in [0.15, 0.2) is 26.5 Å². The van der Waals surface area contributed by atoms with Crippen LogP contribution in [0.1, 0.15) is 16.5 Å². The summed E-state index contributed by atoms with van der Waals surface area (Å²) in [6.07, 6.45) is 0. The van der Waals surface area contributed by atoms with Gasteiger partial charge >= 0.3 is 0 Å². The van der Waals surface area contributed by atoms with Crippen LogP contribution < -0.4 is 10.6 Å². The maximum atomic E-state index is 13.8. The van der Waals surface area contributed by atoms with Gasteiger partial charge < -0.3 is 10.6 Å². The van der Waals surface area contributed by atoms with Crippen molar-refractivity contribution in [3.05, 3.63) is 48.5 Å². The molecule has 3 rings (SSSR count). The molecule has 0 saturated carbocycles. The minimum atomic E-state index is -1.09. The highest BCUT2D eigenvalue weighted by molar-refractivity contribution is 9.13. The van der Waals surface area contributed by atoms with Crippen molar-refractivity contribution < 1.29 is 13.6 Å². The summed E-state index contributed by atoms with van der Waals surface area (Å²) < 4.78 is 29.0. The zero-order valence-corrected chi connectivity index (χ0v) is 14.4. The van der Waals surface area contributed by atoms with E-state index in [-0.39, 0.29) is 17.8 Å². The van der Waals surface area contributed by atoms with E-state index in [1.807, 2.05) is 6.07 Å². The fourth-order valence-corrected chi connectivity index (χ4v) is 4.47. The Balaban J connectivity index is 2.03. The molecule has 8 heteroatoms. The number of hydrogen-bond acceptors (Lipinski definition) is 3. The third kappa shape index (κ3) is 2.54. The van der Waals surface area contributed by atoms with Crippen LogP contribution in [0, 0.1) is 11.6 Å². The Kier molecular flexibility index (Phi) is 3.89. The van der Waals surface area contributed by atoms with Crippen LogP contribution in [-0.2, 0) is 11.3 Å². The first-order valence-electron chi connectivity index (χ1n) is 5.88. The fourth-order valence-electron chi connectivity index (χ4n) is 2.30. The van der Waals surface area contributed by atoms with E-state index in [1.165, 1.54) is 16.2 Å². The maximum absolute atomic E-state index is 13.8. The quantitative estimate of drug-likeness (QED) is 0.768. The normalized spacial score (nSPS) is 17.5. The minimum Gasteiger partial charge on any atom is -0.316 e. The van der Waals surface area contributed by atoms with Gasteiger partial charge in [-0.25, -0.2) is 8.78 Å². The molecule has 0 spiro atoms. The number of nitrogens with two attached hydrogens (primary N) is 1. The minimum absolute atomic E-state index is 0.0519. The van der Waals surface area contributed by atoms with Gasteiger partial charge in [-0.3, -0.25) is 4.79 Å². The van der Waals surface area contributed by atoms with Crippen molar-refractivity contribution in [2.45, 2.75) is 12.6 Å². The van der Waals surface area contributed by atoms with Crippen molar-refractivity contribution in [3.63, 3.8) is 0 Å². The lowest BCUT2D eigenvalue weighted by atomic mass is 10.1. The third-order valence-corrected chi connectivity index (χ3v) is 6.46. The van der Waals surface area contributed by atoms with Crippen molar-refractivity contribution in [3.8, 4) is 0 Å². The Morgan fingerprint density at radius 1 is 1.29 bits per heavy atom. The molecule has 1 aromatic heterocycles. The second-order valence-electron chi connectivity index (χ2n) is 4.56. The number of anilines is 1. The van der Waals surface area contributed by atoms with E-state index in [2.05, 4.69) is 31.9 Å². The van der Waals surface area contributed by atoms with E-state index < -0.39 is 23.6 Å². The predicted octanol–water partition coefficient (Wildman–Crippen LogP) is 4.10. The van der Waals surface area contributed by atoms with Crippen molar-refractivity contribution in [1.29, 1.82) is 0 Å². The summed E-state index contributed by atoms with van der Waals surface area (Å²) in [5, 5.41) is 0. The van der Waals surface area contributed by atoms with E-state index in [0.717, 1.165) is 25.3 Å². The Morgan fingerprint density at radius 2 is 2.00 bits per heavy atom. The molecular weight excluding hydrogens is 430 g/mol. The lowest BCUT2D eigenvalue weighted by Crippen LogP contribution is -2.31. The highest BCUT2D eigenvalue weighted by Gasteiger charge is 2.38. The van der Waals surface area contributed by atoms with Gasteiger partial charge in [0.2, 0.25) is 5.91 Å². The summed E-state index contributed by atoms with van der Waals surface area (Å²) in [5.74, 6) is -1.95. The molecule has 0 bridgehead atoms. The van der Waals surface area contributed by atoms with Gasteiger partial charge in [0.25, 0.3) is 0 Å². The van der Waals surface area contributed by atoms with Gasteiger partial charge in [-0.05, 0) is 44.0 Å². The first-order chi connectivity index (χ1) is 9.88. The molecule has 0 aliphatic carbocycles. The first-order valence-corrected chi connectivity index (χ1v) is 8.28.